The van der Waals surface area contributed by atoms with E-state index >= 15 is 0 Å². The minimum absolute atomic E-state index is 0.211. The summed E-state index contributed by atoms with van der Waals surface area (Å²) in [4.78, 5) is 36.1. The lowest BCUT2D eigenvalue weighted by Gasteiger charge is -2.09. The summed E-state index contributed by atoms with van der Waals surface area (Å²) >= 11 is 0. The second kappa shape index (κ2) is 10.6. The number of carbonyl (C=O) groups excluding carboxylic acids is 3. The number of amides is 2. The molecule has 32 heavy (non-hydrogen) atoms. The maximum atomic E-state index is 12.4. The Bertz CT molecular complexity index is 1090. The summed E-state index contributed by atoms with van der Waals surface area (Å²) in [6.45, 7) is 1.89. The molecule has 8 heteroatoms. The zero-order valence-corrected chi connectivity index (χ0v) is 17.6. The number of nitrogens with one attached hydrogen (secondary N) is 2. The van der Waals surface area contributed by atoms with Crippen LogP contribution in [-0.2, 0) is 4.74 Å². The molecule has 0 aliphatic rings. The molecule has 164 valence electrons. The average molecular weight is 434 g/mol. The molecule has 2 N–H and O–H groups in total. The minimum atomic E-state index is -0.803. The van der Waals surface area contributed by atoms with Gasteiger partial charge in [0.15, 0.2) is 0 Å². The van der Waals surface area contributed by atoms with Crippen LogP contribution in [0.15, 0.2) is 72.8 Å². The minimum Gasteiger partial charge on any atom is -0.497 e. The van der Waals surface area contributed by atoms with E-state index < -0.39 is 6.16 Å². The molecule has 3 aromatic carbocycles. The Balaban J connectivity index is 1.57. The predicted octanol–water partition coefficient (Wildman–Crippen LogP) is 4.74. The summed E-state index contributed by atoms with van der Waals surface area (Å²) in [7, 11) is 1.54. The van der Waals surface area contributed by atoms with Gasteiger partial charge in [0.05, 0.1) is 13.7 Å². The van der Waals surface area contributed by atoms with Crippen molar-refractivity contribution in [2.24, 2.45) is 0 Å². The third-order valence-electron chi connectivity index (χ3n) is 4.31. The number of ether oxygens (including phenoxy) is 3. The van der Waals surface area contributed by atoms with Crippen LogP contribution >= 0.6 is 0 Å². The van der Waals surface area contributed by atoms with Crippen LogP contribution in [0.25, 0.3) is 0 Å². The van der Waals surface area contributed by atoms with Crippen LogP contribution in [0.4, 0.5) is 16.2 Å². The molecule has 8 nitrogen and oxygen atoms in total. The number of rotatable bonds is 7. The summed E-state index contributed by atoms with van der Waals surface area (Å²) in [5.41, 5.74) is 1.99. The van der Waals surface area contributed by atoms with Gasteiger partial charge in [0, 0.05) is 22.5 Å². The van der Waals surface area contributed by atoms with Crippen molar-refractivity contribution in [2.75, 3.05) is 24.4 Å². The van der Waals surface area contributed by atoms with Crippen molar-refractivity contribution in [3.05, 3.63) is 83.9 Å². The lowest BCUT2D eigenvalue weighted by atomic mass is 10.2. The van der Waals surface area contributed by atoms with Gasteiger partial charge in [-0.15, -0.1) is 0 Å². The quantitative estimate of drug-likeness (QED) is 0.411. The number of methoxy groups -OCH3 is 1. The fourth-order valence-corrected chi connectivity index (χ4v) is 2.73. The smallest absolute Gasteiger partial charge is 0.497 e. The molecule has 0 aliphatic carbocycles. The average Bonchev–Trinajstić information content (AvgIpc) is 2.81. The molecule has 0 aliphatic heterocycles. The summed E-state index contributed by atoms with van der Waals surface area (Å²) in [6.07, 6.45) is -0.803. The molecule has 3 rings (SSSR count). The van der Waals surface area contributed by atoms with Crippen LogP contribution in [0.1, 0.15) is 27.6 Å². The Labute approximate surface area is 185 Å². The van der Waals surface area contributed by atoms with Crippen molar-refractivity contribution in [3.63, 3.8) is 0 Å². The zero-order chi connectivity index (χ0) is 22.9. The molecule has 0 saturated heterocycles. The highest BCUT2D eigenvalue weighted by atomic mass is 16.7. The second-order valence-corrected chi connectivity index (χ2v) is 6.53. The zero-order valence-electron chi connectivity index (χ0n) is 17.6. The Morgan fingerprint density at radius 2 is 1.34 bits per heavy atom. The second-order valence-electron chi connectivity index (χ2n) is 6.53. The van der Waals surface area contributed by atoms with Gasteiger partial charge in [0.25, 0.3) is 11.8 Å². The fraction of sp³-hybridized carbons (Fsp3) is 0.125. The van der Waals surface area contributed by atoms with E-state index in [0.29, 0.717) is 28.3 Å². The maximum Gasteiger partial charge on any atom is 0.513 e. The number of carbonyl (C=O) groups is 3. The van der Waals surface area contributed by atoms with Gasteiger partial charge < -0.3 is 24.8 Å². The first kappa shape index (κ1) is 22.4. The van der Waals surface area contributed by atoms with Gasteiger partial charge in [0.2, 0.25) is 0 Å². The van der Waals surface area contributed by atoms with Crippen molar-refractivity contribution in [1.29, 1.82) is 0 Å². The van der Waals surface area contributed by atoms with E-state index in [1.807, 2.05) is 0 Å². The van der Waals surface area contributed by atoms with Crippen molar-refractivity contribution < 1.29 is 28.6 Å². The highest BCUT2D eigenvalue weighted by molar-refractivity contribution is 6.06. The van der Waals surface area contributed by atoms with Crippen molar-refractivity contribution in [2.45, 2.75) is 6.92 Å². The first-order valence-corrected chi connectivity index (χ1v) is 9.80. The van der Waals surface area contributed by atoms with E-state index in [2.05, 4.69) is 10.6 Å². The first-order valence-electron chi connectivity index (χ1n) is 9.80. The van der Waals surface area contributed by atoms with Gasteiger partial charge in [-0.3, -0.25) is 9.59 Å². The third kappa shape index (κ3) is 6.09. The molecule has 3 aromatic rings. The highest BCUT2D eigenvalue weighted by Gasteiger charge is 2.10. The molecule has 0 spiro atoms. The Hall–Kier alpha value is -4.33. The van der Waals surface area contributed by atoms with Crippen LogP contribution in [0.2, 0.25) is 0 Å². The van der Waals surface area contributed by atoms with E-state index in [-0.39, 0.29) is 24.2 Å². The molecule has 0 radical (unpaired) electrons. The topological polar surface area (TPSA) is 103 Å². The fourth-order valence-electron chi connectivity index (χ4n) is 2.73. The van der Waals surface area contributed by atoms with E-state index in [1.165, 1.54) is 31.4 Å². The summed E-state index contributed by atoms with van der Waals surface area (Å²) in [6, 6.07) is 19.6. The van der Waals surface area contributed by atoms with Crippen LogP contribution in [0, 0.1) is 0 Å². The van der Waals surface area contributed by atoms with Crippen molar-refractivity contribution in [3.8, 4) is 11.5 Å². The Morgan fingerprint density at radius 1 is 0.750 bits per heavy atom. The normalized spacial score (nSPS) is 10.1. The van der Waals surface area contributed by atoms with Crippen LogP contribution in [0.5, 0.6) is 11.5 Å². The van der Waals surface area contributed by atoms with Crippen LogP contribution in [-0.4, -0.2) is 31.7 Å². The summed E-state index contributed by atoms with van der Waals surface area (Å²) < 4.78 is 14.8. The van der Waals surface area contributed by atoms with E-state index in [9.17, 15) is 14.4 Å². The molecule has 0 saturated carbocycles. The SMILES string of the molecule is CCOC(=O)Oc1ccc(C(=O)Nc2ccc(NC(=O)c3cccc(OC)c3)cc2)cc1. The summed E-state index contributed by atoms with van der Waals surface area (Å²) in [5, 5.41) is 5.56. The molecule has 0 bridgehead atoms. The lowest BCUT2D eigenvalue weighted by Crippen LogP contribution is -2.13. The molecule has 2 amide bonds. The number of hydrogen-bond acceptors (Lipinski definition) is 6. The number of benzene rings is 3. The Morgan fingerprint density at radius 3 is 1.91 bits per heavy atom. The third-order valence-corrected chi connectivity index (χ3v) is 4.31. The molecular weight excluding hydrogens is 412 g/mol. The Kier molecular flexibility index (Phi) is 7.42. The molecule has 0 unspecified atom stereocenters. The first-order chi connectivity index (χ1) is 15.5. The van der Waals surface area contributed by atoms with Gasteiger partial charge in [0.1, 0.15) is 11.5 Å². The molecule has 0 fully saturated rings. The van der Waals surface area contributed by atoms with Gasteiger partial charge in [-0.25, -0.2) is 4.79 Å². The lowest BCUT2D eigenvalue weighted by molar-refractivity contribution is 0.101. The molecule has 0 atom stereocenters. The number of anilines is 2. The van der Waals surface area contributed by atoms with Gasteiger partial charge in [-0.1, -0.05) is 6.07 Å². The van der Waals surface area contributed by atoms with Crippen molar-refractivity contribution >= 4 is 29.3 Å². The molecular formula is C24H22N2O6. The summed E-state index contributed by atoms with van der Waals surface area (Å²) in [5.74, 6) is 0.263. The largest absolute Gasteiger partial charge is 0.513 e. The van der Waals surface area contributed by atoms with Crippen LogP contribution < -0.4 is 20.1 Å². The van der Waals surface area contributed by atoms with E-state index in [1.54, 1.807) is 55.5 Å². The van der Waals surface area contributed by atoms with Gasteiger partial charge >= 0.3 is 6.16 Å². The van der Waals surface area contributed by atoms with Gasteiger partial charge in [-0.05, 0) is 73.7 Å². The molecule has 0 aromatic heterocycles. The molecule has 0 heterocycles. The highest BCUT2D eigenvalue weighted by Crippen LogP contribution is 2.18. The van der Waals surface area contributed by atoms with Crippen molar-refractivity contribution in [1.82, 2.24) is 0 Å². The van der Waals surface area contributed by atoms with Gasteiger partial charge in [-0.2, -0.15) is 0 Å². The maximum absolute atomic E-state index is 12.4. The van der Waals surface area contributed by atoms with E-state index in [4.69, 9.17) is 14.2 Å². The monoisotopic (exact) mass is 434 g/mol. The standard InChI is InChI=1S/C24H22N2O6/c1-3-31-24(29)32-20-13-7-16(8-14-20)22(27)25-18-9-11-19(12-10-18)26-23(28)17-5-4-6-21(15-17)30-2/h4-15H,3H2,1-2H3,(H,25,27)(H,26,28). The predicted molar refractivity (Wildman–Crippen MR) is 119 cm³/mol. The van der Waals surface area contributed by atoms with Crippen LogP contribution in [0.3, 0.4) is 0 Å². The van der Waals surface area contributed by atoms with E-state index in [0.717, 1.165) is 0 Å². The number of hydrogen-bond donors (Lipinski definition) is 2.